The molecule has 0 N–H and O–H groups in total. The zero-order chi connectivity index (χ0) is 15.3. The highest BCUT2D eigenvalue weighted by molar-refractivity contribution is 9.10. The molecule has 0 spiro atoms. The van der Waals surface area contributed by atoms with Gasteiger partial charge in [-0.2, -0.15) is 13.2 Å². The maximum absolute atomic E-state index is 12.6. The van der Waals surface area contributed by atoms with Crippen LogP contribution >= 0.6 is 15.9 Å². The van der Waals surface area contributed by atoms with E-state index in [-0.39, 0.29) is 13.2 Å². The third kappa shape index (κ3) is 4.40. The Labute approximate surface area is 123 Å². The summed E-state index contributed by atoms with van der Waals surface area (Å²) in [6.45, 7) is 4.24. The van der Waals surface area contributed by atoms with Gasteiger partial charge in [-0.1, -0.05) is 0 Å². The molecule has 0 aliphatic carbocycles. The summed E-state index contributed by atoms with van der Waals surface area (Å²) in [5.41, 5.74) is -0.214. The van der Waals surface area contributed by atoms with E-state index in [0.717, 1.165) is 12.1 Å². The first kappa shape index (κ1) is 16.8. The number of rotatable bonds is 5. The van der Waals surface area contributed by atoms with E-state index in [1.165, 1.54) is 6.07 Å². The lowest BCUT2D eigenvalue weighted by atomic mass is 10.2. The number of esters is 1. The summed E-state index contributed by atoms with van der Waals surface area (Å²) in [5, 5.41) is 0. The molecule has 0 aliphatic heterocycles. The van der Waals surface area contributed by atoms with Crippen LogP contribution in [0.4, 0.5) is 18.9 Å². The first-order chi connectivity index (χ1) is 9.29. The molecule has 0 aromatic heterocycles. The highest BCUT2D eigenvalue weighted by Crippen LogP contribution is 2.35. The Kier molecular flexibility index (Phi) is 5.86. The summed E-state index contributed by atoms with van der Waals surface area (Å²) in [7, 11) is 0. The van der Waals surface area contributed by atoms with Crippen LogP contribution in [0.1, 0.15) is 19.4 Å². The average Bonchev–Trinajstić information content (AvgIpc) is 2.35. The van der Waals surface area contributed by atoms with Crippen molar-refractivity contribution in [1.29, 1.82) is 0 Å². The Hall–Kier alpha value is -1.24. The van der Waals surface area contributed by atoms with Gasteiger partial charge in [0, 0.05) is 11.0 Å². The van der Waals surface area contributed by atoms with Crippen LogP contribution in [0.3, 0.4) is 0 Å². The minimum absolute atomic E-state index is 0.00565. The van der Waals surface area contributed by atoms with Crippen molar-refractivity contribution in [1.82, 2.24) is 0 Å². The molecule has 0 heterocycles. The number of hydrogen-bond donors (Lipinski definition) is 0. The van der Waals surface area contributed by atoms with Gasteiger partial charge in [0.2, 0.25) is 0 Å². The number of ether oxygens (including phenoxy) is 1. The van der Waals surface area contributed by atoms with Crippen LogP contribution in [0.15, 0.2) is 22.7 Å². The molecular formula is C13H15BrF3NO2. The molecule has 0 aliphatic rings. The van der Waals surface area contributed by atoms with Gasteiger partial charge in [-0.3, -0.25) is 4.79 Å². The topological polar surface area (TPSA) is 29.5 Å². The van der Waals surface area contributed by atoms with E-state index in [1.807, 2.05) is 6.92 Å². The smallest absolute Gasteiger partial charge is 0.416 e. The van der Waals surface area contributed by atoms with E-state index in [9.17, 15) is 18.0 Å². The maximum Gasteiger partial charge on any atom is 0.416 e. The number of likely N-dealkylation sites (N-methyl/N-ethyl adjacent to an activating group) is 1. The number of nitrogens with zero attached hydrogens (tertiary/aromatic N) is 1. The predicted octanol–water partition coefficient (Wildman–Crippen LogP) is 3.86. The van der Waals surface area contributed by atoms with Crippen LogP contribution in [-0.4, -0.2) is 25.7 Å². The van der Waals surface area contributed by atoms with Crippen molar-refractivity contribution in [3.63, 3.8) is 0 Å². The van der Waals surface area contributed by atoms with E-state index in [0.29, 0.717) is 16.7 Å². The molecule has 0 fully saturated rings. The lowest BCUT2D eigenvalue weighted by Crippen LogP contribution is -2.31. The molecule has 7 heteroatoms. The van der Waals surface area contributed by atoms with Gasteiger partial charge in [-0.25, -0.2) is 0 Å². The fourth-order valence-electron chi connectivity index (χ4n) is 1.67. The zero-order valence-electron chi connectivity index (χ0n) is 11.1. The number of benzene rings is 1. The van der Waals surface area contributed by atoms with Gasteiger partial charge in [-0.05, 0) is 48.0 Å². The SMILES string of the molecule is CCOC(=O)CN(CC)c1ccc(C(F)(F)F)cc1Br. The third-order valence-electron chi connectivity index (χ3n) is 2.62. The molecule has 0 amide bonds. The Morgan fingerprint density at radius 3 is 2.45 bits per heavy atom. The van der Waals surface area contributed by atoms with Crippen LogP contribution in [0.5, 0.6) is 0 Å². The largest absolute Gasteiger partial charge is 0.465 e. The van der Waals surface area contributed by atoms with Crippen LogP contribution in [0.2, 0.25) is 0 Å². The van der Waals surface area contributed by atoms with E-state index < -0.39 is 17.7 Å². The molecule has 1 rings (SSSR count). The average molecular weight is 354 g/mol. The molecule has 1 aromatic rings. The molecule has 0 unspecified atom stereocenters. The van der Waals surface area contributed by atoms with Crippen LogP contribution in [-0.2, 0) is 15.7 Å². The first-order valence-electron chi connectivity index (χ1n) is 6.06. The molecule has 0 saturated carbocycles. The molecule has 3 nitrogen and oxygen atoms in total. The Morgan fingerprint density at radius 1 is 1.35 bits per heavy atom. The second-order valence-corrected chi connectivity index (χ2v) is 4.84. The van der Waals surface area contributed by atoms with Crippen molar-refractivity contribution in [2.45, 2.75) is 20.0 Å². The Balaban J connectivity index is 2.96. The predicted molar refractivity (Wildman–Crippen MR) is 73.7 cm³/mol. The van der Waals surface area contributed by atoms with Crippen molar-refractivity contribution in [2.75, 3.05) is 24.6 Å². The number of hydrogen-bond acceptors (Lipinski definition) is 3. The highest BCUT2D eigenvalue weighted by Gasteiger charge is 2.31. The van der Waals surface area contributed by atoms with Crippen molar-refractivity contribution in [3.05, 3.63) is 28.2 Å². The van der Waals surface area contributed by atoms with E-state index in [1.54, 1.807) is 11.8 Å². The second-order valence-electron chi connectivity index (χ2n) is 3.98. The number of anilines is 1. The maximum atomic E-state index is 12.6. The number of halogens is 4. The summed E-state index contributed by atoms with van der Waals surface area (Å²) in [6.07, 6.45) is -4.39. The minimum Gasteiger partial charge on any atom is -0.465 e. The molecule has 112 valence electrons. The lowest BCUT2D eigenvalue weighted by Gasteiger charge is -2.23. The molecule has 0 saturated heterocycles. The Morgan fingerprint density at radius 2 is 2.00 bits per heavy atom. The standard InChI is InChI=1S/C13H15BrF3NO2/c1-3-18(8-12(19)20-4-2)11-6-5-9(7-10(11)14)13(15,16)17/h5-7H,3-4,8H2,1-2H3. The fourth-order valence-corrected chi connectivity index (χ4v) is 2.30. The van der Waals surface area contributed by atoms with Gasteiger partial charge < -0.3 is 9.64 Å². The van der Waals surface area contributed by atoms with Gasteiger partial charge in [0.05, 0.1) is 17.9 Å². The Bertz CT molecular complexity index is 477. The number of carbonyl (C=O) groups excluding carboxylic acids is 1. The quantitative estimate of drug-likeness (QED) is 0.753. The van der Waals surface area contributed by atoms with Crippen molar-refractivity contribution >= 4 is 27.6 Å². The van der Waals surface area contributed by atoms with Gasteiger partial charge in [-0.15, -0.1) is 0 Å². The second kappa shape index (κ2) is 6.97. The molecular weight excluding hydrogens is 339 g/mol. The first-order valence-corrected chi connectivity index (χ1v) is 6.86. The van der Waals surface area contributed by atoms with E-state index in [2.05, 4.69) is 15.9 Å². The summed E-state index contributed by atoms with van der Waals surface area (Å²) < 4.78 is 42.9. The molecule has 1 aromatic carbocycles. The lowest BCUT2D eigenvalue weighted by molar-refractivity contribution is -0.141. The summed E-state index contributed by atoms with van der Waals surface area (Å²) in [4.78, 5) is 13.1. The van der Waals surface area contributed by atoms with Gasteiger partial charge in [0.25, 0.3) is 0 Å². The van der Waals surface area contributed by atoms with Crippen molar-refractivity contribution in [2.24, 2.45) is 0 Å². The molecule has 0 radical (unpaired) electrons. The van der Waals surface area contributed by atoms with Gasteiger partial charge in [0.15, 0.2) is 0 Å². The van der Waals surface area contributed by atoms with Crippen LogP contribution in [0, 0.1) is 0 Å². The highest BCUT2D eigenvalue weighted by atomic mass is 79.9. The molecule has 20 heavy (non-hydrogen) atoms. The summed E-state index contributed by atoms with van der Waals surface area (Å²) in [6, 6.07) is 3.34. The van der Waals surface area contributed by atoms with Crippen LogP contribution in [0.25, 0.3) is 0 Å². The molecule has 0 atom stereocenters. The third-order valence-corrected chi connectivity index (χ3v) is 3.26. The zero-order valence-corrected chi connectivity index (χ0v) is 12.7. The fraction of sp³-hybridized carbons (Fsp3) is 0.462. The van der Waals surface area contributed by atoms with Crippen molar-refractivity contribution in [3.8, 4) is 0 Å². The van der Waals surface area contributed by atoms with E-state index >= 15 is 0 Å². The van der Waals surface area contributed by atoms with Gasteiger partial charge >= 0.3 is 12.1 Å². The molecule has 0 bridgehead atoms. The summed E-state index contributed by atoms with van der Waals surface area (Å²) in [5.74, 6) is -0.416. The monoisotopic (exact) mass is 353 g/mol. The van der Waals surface area contributed by atoms with E-state index in [4.69, 9.17) is 4.74 Å². The van der Waals surface area contributed by atoms with Crippen molar-refractivity contribution < 1.29 is 22.7 Å². The minimum atomic E-state index is -4.39. The summed E-state index contributed by atoms with van der Waals surface area (Å²) >= 11 is 3.12. The number of carbonyl (C=O) groups is 1. The number of alkyl halides is 3. The normalized spacial score (nSPS) is 11.3. The van der Waals surface area contributed by atoms with Gasteiger partial charge in [0.1, 0.15) is 6.54 Å². The van der Waals surface area contributed by atoms with Crippen LogP contribution < -0.4 is 4.90 Å².